The summed E-state index contributed by atoms with van der Waals surface area (Å²) in [7, 11) is -0.316. The highest BCUT2D eigenvalue weighted by Crippen LogP contribution is 2.45. The van der Waals surface area contributed by atoms with Gasteiger partial charge in [-0.1, -0.05) is 38.3 Å². The number of rotatable bonds is 1. The van der Waals surface area contributed by atoms with E-state index in [9.17, 15) is 4.89 Å². The molecule has 1 fully saturated rings. The summed E-state index contributed by atoms with van der Waals surface area (Å²) in [6.07, 6.45) is 13.2. The molecule has 130 valence electrons. The van der Waals surface area contributed by atoms with Gasteiger partial charge in [0, 0.05) is 8.15 Å². The maximum Gasteiger partial charge on any atom is 0.0258 e. The molecule has 2 unspecified atom stereocenters. The van der Waals surface area contributed by atoms with Crippen molar-refractivity contribution in [2.75, 3.05) is 62.6 Å². The van der Waals surface area contributed by atoms with E-state index in [4.69, 9.17) is 0 Å². The van der Waals surface area contributed by atoms with Gasteiger partial charge in [0.1, 0.15) is 0 Å². The Balaban J connectivity index is 1.95. The van der Waals surface area contributed by atoms with E-state index in [1.54, 1.807) is 5.30 Å². The van der Waals surface area contributed by atoms with E-state index >= 15 is 0 Å². The van der Waals surface area contributed by atoms with Crippen LogP contribution in [0.5, 0.6) is 0 Å². The van der Waals surface area contributed by atoms with Gasteiger partial charge in [-0.25, -0.2) is 0 Å². The van der Waals surface area contributed by atoms with Crippen LogP contribution >= 0.6 is 31.9 Å². The molecule has 1 N–H and O–H groups in total. The molecule has 0 spiro atoms. The lowest BCUT2D eigenvalue weighted by Gasteiger charge is -2.23. The van der Waals surface area contributed by atoms with E-state index in [1.807, 2.05) is 0 Å². The molecule has 1 aromatic rings. The van der Waals surface area contributed by atoms with Crippen molar-refractivity contribution < 1.29 is 4.89 Å². The fourth-order valence-corrected chi connectivity index (χ4v) is 12.5. The summed E-state index contributed by atoms with van der Waals surface area (Å²) >= 11 is 0. The largest absolute Gasteiger partial charge is 0.374 e. The van der Waals surface area contributed by atoms with Crippen molar-refractivity contribution >= 4 is 37.2 Å². The van der Waals surface area contributed by atoms with E-state index in [-0.39, 0.29) is 23.8 Å². The third kappa shape index (κ3) is 8.21. The summed E-state index contributed by atoms with van der Waals surface area (Å²) in [5.41, 5.74) is 0. The molecule has 5 heteroatoms. The van der Waals surface area contributed by atoms with Gasteiger partial charge in [0.15, 0.2) is 0 Å². The molecule has 0 amide bonds. The quantitative estimate of drug-likeness (QED) is 0.656. The number of benzene rings is 1. The molecule has 1 aromatic carbocycles. The molecule has 1 nitrogen and oxygen atoms in total. The van der Waals surface area contributed by atoms with Crippen molar-refractivity contribution in [2.24, 2.45) is 0 Å². The Hall–Kier alpha value is 0.900. The van der Waals surface area contributed by atoms with Crippen LogP contribution in [-0.4, -0.2) is 67.5 Å². The Morgan fingerprint density at radius 3 is 1.74 bits per heavy atom. The molecule has 2 atom stereocenters. The van der Waals surface area contributed by atoms with Gasteiger partial charge in [0.25, 0.3) is 0 Å². The zero-order valence-electron chi connectivity index (χ0n) is 14.7. The summed E-state index contributed by atoms with van der Waals surface area (Å²) in [6, 6.07) is 11.3. The lowest BCUT2D eigenvalue weighted by molar-refractivity contribution is 0.626. The van der Waals surface area contributed by atoms with E-state index in [0.29, 0.717) is 0 Å². The van der Waals surface area contributed by atoms with Gasteiger partial charge >= 0.3 is 0 Å². The van der Waals surface area contributed by atoms with Gasteiger partial charge in [-0.05, 0) is 80.8 Å². The van der Waals surface area contributed by atoms with Crippen LogP contribution in [0.25, 0.3) is 0 Å². The van der Waals surface area contributed by atoms with Crippen molar-refractivity contribution in [3.63, 3.8) is 0 Å². The summed E-state index contributed by atoms with van der Waals surface area (Å²) in [5, 5.41) is 1.62. The standard InChI is InChI=1S/C18H32OP4/c1-20-10-6-12-22(18-8-4-3-5-9-18)13-7-11-21(2)15-17-23(19)16-14-20/h3-5,8-9,19H,6-7,10-17H2,1-2H3. The van der Waals surface area contributed by atoms with Gasteiger partial charge < -0.3 is 4.89 Å². The molecule has 0 saturated carbocycles. The summed E-state index contributed by atoms with van der Waals surface area (Å²) < 4.78 is 0. The van der Waals surface area contributed by atoms with Crippen LogP contribution < -0.4 is 5.30 Å². The van der Waals surface area contributed by atoms with E-state index < -0.39 is 8.15 Å². The second kappa shape index (κ2) is 11.5. The second-order valence-corrected chi connectivity index (χ2v) is 16.2. The monoisotopic (exact) mass is 388 g/mol. The van der Waals surface area contributed by atoms with E-state index in [0.717, 1.165) is 12.3 Å². The van der Waals surface area contributed by atoms with Crippen LogP contribution in [0.4, 0.5) is 0 Å². The number of hydrogen-bond acceptors (Lipinski definition) is 1. The first-order valence-corrected chi connectivity index (χ1v) is 16.5. The summed E-state index contributed by atoms with van der Waals surface area (Å²) in [6.45, 7) is 4.89. The van der Waals surface area contributed by atoms with Crippen LogP contribution in [0.3, 0.4) is 0 Å². The summed E-state index contributed by atoms with van der Waals surface area (Å²) in [4.78, 5) is 10.2. The van der Waals surface area contributed by atoms with Crippen molar-refractivity contribution in [2.45, 2.75) is 12.8 Å². The van der Waals surface area contributed by atoms with Crippen molar-refractivity contribution in [1.82, 2.24) is 0 Å². The molecule has 1 heterocycles. The molecule has 2 rings (SSSR count). The predicted octanol–water partition coefficient (Wildman–Crippen LogP) is 5.20. The molecular formula is C18H32OP4. The van der Waals surface area contributed by atoms with Crippen molar-refractivity contribution in [3.05, 3.63) is 30.3 Å². The van der Waals surface area contributed by atoms with E-state index in [2.05, 4.69) is 43.7 Å². The first-order chi connectivity index (χ1) is 11.1. The maximum absolute atomic E-state index is 10.2. The van der Waals surface area contributed by atoms with Crippen molar-refractivity contribution in [1.29, 1.82) is 0 Å². The van der Waals surface area contributed by atoms with Crippen LogP contribution in [0.2, 0.25) is 0 Å². The Bertz CT molecular complexity index is 408. The van der Waals surface area contributed by atoms with Gasteiger partial charge in [0.05, 0.1) is 0 Å². The van der Waals surface area contributed by atoms with Crippen LogP contribution in [0, 0.1) is 0 Å². The molecular weight excluding hydrogens is 356 g/mol. The summed E-state index contributed by atoms with van der Waals surface area (Å²) in [5.74, 6) is 0. The van der Waals surface area contributed by atoms with Gasteiger partial charge in [-0.3, -0.25) is 0 Å². The van der Waals surface area contributed by atoms with Gasteiger partial charge in [-0.2, -0.15) is 0 Å². The molecule has 1 saturated heterocycles. The third-order valence-electron chi connectivity index (χ3n) is 4.54. The fourth-order valence-electron chi connectivity index (χ4n) is 2.98. The van der Waals surface area contributed by atoms with Crippen LogP contribution in [0.1, 0.15) is 12.8 Å². The van der Waals surface area contributed by atoms with Gasteiger partial charge in [-0.15, -0.1) is 15.8 Å². The lowest BCUT2D eigenvalue weighted by Crippen LogP contribution is -2.09. The SMILES string of the molecule is CP1CCCP(c2ccccc2)CCCP(C)CCP(O)CC1. The lowest BCUT2D eigenvalue weighted by atomic mass is 10.4. The average Bonchev–Trinajstić information content (AvgIpc) is 2.57. The average molecular weight is 388 g/mol. The minimum atomic E-state index is -0.662. The zero-order valence-corrected chi connectivity index (χ0v) is 18.3. The fraction of sp³-hybridized carbons (Fsp3) is 0.667. The molecule has 0 radical (unpaired) electrons. The minimum Gasteiger partial charge on any atom is -0.374 e. The van der Waals surface area contributed by atoms with Crippen LogP contribution in [0.15, 0.2) is 30.3 Å². The number of hydrogen-bond donors (Lipinski definition) is 1. The third-order valence-corrected chi connectivity index (χ3v) is 13.6. The molecule has 1 aliphatic rings. The molecule has 0 aliphatic carbocycles. The Labute approximate surface area is 148 Å². The first-order valence-electron chi connectivity index (χ1n) is 8.76. The maximum atomic E-state index is 10.2. The normalized spacial score (nSPS) is 32.1. The molecule has 0 aromatic heterocycles. The highest BCUT2D eigenvalue weighted by Gasteiger charge is 2.15. The Morgan fingerprint density at radius 1 is 0.696 bits per heavy atom. The first kappa shape index (κ1) is 20.2. The van der Waals surface area contributed by atoms with Crippen molar-refractivity contribution in [3.8, 4) is 0 Å². The predicted molar refractivity (Wildman–Crippen MR) is 116 cm³/mol. The molecule has 0 bridgehead atoms. The molecule has 23 heavy (non-hydrogen) atoms. The van der Waals surface area contributed by atoms with Gasteiger partial charge in [0.2, 0.25) is 0 Å². The highest BCUT2D eigenvalue weighted by molar-refractivity contribution is 7.66. The minimum absolute atomic E-state index is 0.0532. The highest BCUT2D eigenvalue weighted by atomic mass is 31.1. The topological polar surface area (TPSA) is 20.2 Å². The Kier molecular flexibility index (Phi) is 10.1. The molecule has 1 aliphatic heterocycles. The second-order valence-electron chi connectivity index (χ2n) is 6.59. The van der Waals surface area contributed by atoms with E-state index in [1.165, 1.54) is 49.8 Å². The zero-order chi connectivity index (χ0) is 16.5. The smallest absolute Gasteiger partial charge is 0.0258 e. The Morgan fingerprint density at radius 2 is 1.22 bits per heavy atom. The van der Waals surface area contributed by atoms with Crippen LogP contribution in [-0.2, 0) is 0 Å².